The average molecular weight is 290 g/mol. The van der Waals surface area contributed by atoms with Crippen LogP contribution >= 0.6 is 0 Å². The van der Waals surface area contributed by atoms with Crippen molar-refractivity contribution in [1.29, 1.82) is 0 Å². The lowest BCUT2D eigenvalue weighted by Crippen LogP contribution is -2.34. The monoisotopic (exact) mass is 290 g/mol. The van der Waals surface area contributed by atoms with Crippen molar-refractivity contribution in [2.24, 2.45) is 11.8 Å². The van der Waals surface area contributed by atoms with Gasteiger partial charge in [0.25, 0.3) is 0 Å². The lowest BCUT2D eigenvalue weighted by Gasteiger charge is -2.27. The van der Waals surface area contributed by atoms with Crippen molar-refractivity contribution in [3.63, 3.8) is 0 Å². The molecule has 2 N–H and O–H groups in total. The van der Waals surface area contributed by atoms with Crippen LogP contribution in [0.3, 0.4) is 0 Å². The molecular formula is C17H26N2O2. The number of para-hydroxylation sites is 1. The Morgan fingerprint density at radius 3 is 2.95 bits per heavy atom. The smallest absolute Gasteiger partial charge is 0.162 e. The molecule has 2 aliphatic heterocycles. The fourth-order valence-corrected chi connectivity index (χ4v) is 4.04. The summed E-state index contributed by atoms with van der Waals surface area (Å²) in [6.07, 6.45) is 1.18. The van der Waals surface area contributed by atoms with Crippen LogP contribution in [0.4, 0.5) is 0 Å². The van der Waals surface area contributed by atoms with Gasteiger partial charge in [0.05, 0.1) is 6.61 Å². The van der Waals surface area contributed by atoms with E-state index in [9.17, 15) is 5.11 Å². The molecular weight excluding hydrogens is 264 g/mol. The Morgan fingerprint density at radius 1 is 1.33 bits per heavy atom. The van der Waals surface area contributed by atoms with Gasteiger partial charge in [0.15, 0.2) is 11.5 Å². The summed E-state index contributed by atoms with van der Waals surface area (Å²) < 4.78 is 5.49. The summed E-state index contributed by atoms with van der Waals surface area (Å²) in [5, 5.41) is 13.9. The van der Waals surface area contributed by atoms with Crippen molar-refractivity contribution in [2.45, 2.75) is 32.9 Å². The van der Waals surface area contributed by atoms with Crippen LogP contribution in [0, 0.1) is 11.8 Å². The van der Waals surface area contributed by atoms with Crippen molar-refractivity contribution in [3.05, 3.63) is 23.8 Å². The summed E-state index contributed by atoms with van der Waals surface area (Å²) in [6.45, 7) is 9.02. The average Bonchev–Trinajstić information content (AvgIpc) is 3.03. The molecule has 4 nitrogen and oxygen atoms in total. The van der Waals surface area contributed by atoms with E-state index in [4.69, 9.17) is 4.74 Å². The molecule has 0 spiro atoms. The van der Waals surface area contributed by atoms with E-state index in [1.807, 2.05) is 25.1 Å². The quantitative estimate of drug-likeness (QED) is 0.873. The van der Waals surface area contributed by atoms with Gasteiger partial charge in [-0.15, -0.1) is 0 Å². The van der Waals surface area contributed by atoms with E-state index in [0.29, 0.717) is 24.1 Å². The minimum atomic E-state index is 0.310. The lowest BCUT2D eigenvalue weighted by molar-refractivity contribution is 0.207. The number of phenols is 1. The molecule has 2 heterocycles. The molecule has 2 fully saturated rings. The normalized spacial score (nSPS) is 28.8. The maximum Gasteiger partial charge on any atom is 0.162 e. The molecule has 0 amide bonds. The van der Waals surface area contributed by atoms with Gasteiger partial charge in [-0.25, -0.2) is 0 Å². The Hall–Kier alpha value is -1.26. The van der Waals surface area contributed by atoms with Crippen LogP contribution < -0.4 is 10.1 Å². The number of rotatable bonds is 5. The van der Waals surface area contributed by atoms with Gasteiger partial charge in [-0.3, -0.25) is 4.90 Å². The zero-order valence-electron chi connectivity index (χ0n) is 13.0. The van der Waals surface area contributed by atoms with Crippen molar-refractivity contribution in [2.75, 3.05) is 26.2 Å². The van der Waals surface area contributed by atoms with Crippen LogP contribution in [-0.4, -0.2) is 42.3 Å². The lowest BCUT2D eigenvalue weighted by atomic mass is 9.93. The summed E-state index contributed by atoms with van der Waals surface area (Å²) in [5.74, 6) is 2.45. The first-order chi connectivity index (χ1) is 10.2. The highest BCUT2D eigenvalue weighted by atomic mass is 16.5. The molecule has 1 aromatic carbocycles. The van der Waals surface area contributed by atoms with Crippen LogP contribution in [-0.2, 0) is 6.54 Å². The number of ether oxygens (including phenoxy) is 1. The first kappa shape index (κ1) is 14.7. The highest BCUT2D eigenvalue weighted by Gasteiger charge is 2.43. The van der Waals surface area contributed by atoms with Crippen LogP contribution in [0.15, 0.2) is 18.2 Å². The predicted molar refractivity (Wildman–Crippen MR) is 83.6 cm³/mol. The number of likely N-dealkylation sites (tertiary alicyclic amines) is 1. The minimum absolute atomic E-state index is 0.310. The van der Waals surface area contributed by atoms with Gasteiger partial charge in [0.2, 0.25) is 0 Å². The highest BCUT2D eigenvalue weighted by molar-refractivity contribution is 5.45. The van der Waals surface area contributed by atoms with Gasteiger partial charge in [-0.05, 0) is 44.3 Å². The third-order valence-electron chi connectivity index (χ3n) is 5.00. The van der Waals surface area contributed by atoms with Crippen molar-refractivity contribution in [1.82, 2.24) is 10.2 Å². The maximum absolute atomic E-state index is 10.4. The first-order valence-corrected chi connectivity index (χ1v) is 8.13. The van der Waals surface area contributed by atoms with E-state index in [1.54, 1.807) is 0 Å². The number of aromatic hydroxyl groups is 1. The molecule has 4 heteroatoms. The Bertz CT molecular complexity index is 492. The fraction of sp³-hybridized carbons (Fsp3) is 0.647. The van der Waals surface area contributed by atoms with Crippen molar-refractivity contribution < 1.29 is 9.84 Å². The SMILES string of the molecule is CCOc1cccc(CN2CC3CNCC3C2CC)c1O. The number of hydrogen-bond acceptors (Lipinski definition) is 4. The van der Waals surface area contributed by atoms with Gasteiger partial charge in [0.1, 0.15) is 0 Å². The number of phenolic OH excluding ortho intramolecular Hbond substituents is 1. The molecule has 2 aliphatic rings. The third kappa shape index (κ3) is 2.74. The zero-order chi connectivity index (χ0) is 14.8. The molecule has 3 rings (SSSR count). The van der Waals surface area contributed by atoms with Gasteiger partial charge >= 0.3 is 0 Å². The van der Waals surface area contributed by atoms with Crippen LogP contribution in [0.1, 0.15) is 25.8 Å². The van der Waals surface area contributed by atoms with Crippen molar-refractivity contribution >= 4 is 0 Å². The Balaban J connectivity index is 1.76. The van der Waals surface area contributed by atoms with Gasteiger partial charge in [-0.2, -0.15) is 0 Å². The zero-order valence-corrected chi connectivity index (χ0v) is 13.0. The Morgan fingerprint density at radius 2 is 2.19 bits per heavy atom. The van der Waals surface area contributed by atoms with Gasteiger partial charge in [0, 0.05) is 24.7 Å². The predicted octanol–water partition coefficient (Wildman–Crippen LogP) is 2.22. The first-order valence-electron chi connectivity index (χ1n) is 8.13. The standard InChI is InChI=1S/C17H26N2O2/c1-3-15-14-9-18-8-13(14)11-19(15)10-12-6-5-7-16(17(12)20)21-4-2/h5-7,13-15,18,20H,3-4,8-11H2,1-2H3. The van der Waals surface area contributed by atoms with E-state index in [1.165, 1.54) is 6.42 Å². The molecule has 116 valence electrons. The van der Waals surface area contributed by atoms with Crippen LogP contribution in [0.25, 0.3) is 0 Å². The molecule has 2 saturated heterocycles. The number of nitrogens with zero attached hydrogens (tertiary/aromatic N) is 1. The largest absolute Gasteiger partial charge is 0.504 e. The molecule has 3 atom stereocenters. The Labute approximate surface area is 127 Å². The number of fused-ring (bicyclic) bond motifs is 1. The second kappa shape index (κ2) is 6.24. The second-order valence-corrected chi connectivity index (χ2v) is 6.18. The summed E-state index contributed by atoms with van der Waals surface area (Å²) >= 11 is 0. The number of hydrogen-bond donors (Lipinski definition) is 2. The summed E-state index contributed by atoms with van der Waals surface area (Å²) in [5.41, 5.74) is 0.979. The molecule has 0 aromatic heterocycles. The molecule has 0 radical (unpaired) electrons. The summed E-state index contributed by atoms with van der Waals surface area (Å²) in [4.78, 5) is 2.54. The molecule has 0 saturated carbocycles. The minimum Gasteiger partial charge on any atom is -0.504 e. The molecule has 0 aliphatic carbocycles. The van der Waals surface area contributed by atoms with E-state index in [0.717, 1.165) is 43.6 Å². The van der Waals surface area contributed by atoms with E-state index < -0.39 is 0 Å². The number of benzene rings is 1. The molecule has 1 aromatic rings. The third-order valence-corrected chi connectivity index (χ3v) is 5.00. The Kier molecular flexibility index (Phi) is 4.36. The van der Waals surface area contributed by atoms with E-state index in [2.05, 4.69) is 17.1 Å². The van der Waals surface area contributed by atoms with Gasteiger partial charge < -0.3 is 15.2 Å². The van der Waals surface area contributed by atoms with Crippen molar-refractivity contribution in [3.8, 4) is 11.5 Å². The summed E-state index contributed by atoms with van der Waals surface area (Å²) in [7, 11) is 0. The summed E-state index contributed by atoms with van der Waals surface area (Å²) in [6, 6.07) is 6.44. The highest BCUT2D eigenvalue weighted by Crippen LogP contribution is 2.37. The second-order valence-electron chi connectivity index (χ2n) is 6.18. The fourth-order valence-electron chi connectivity index (χ4n) is 4.04. The maximum atomic E-state index is 10.4. The molecule has 0 bridgehead atoms. The van der Waals surface area contributed by atoms with E-state index >= 15 is 0 Å². The molecule has 21 heavy (non-hydrogen) atoms. The topological polar surface area (TPSA) is 44.7 Å². The molecule has 3 unspecified atom stereocenters. The van der Waals surface area contributed by atoms with E-state index in [-0.39, 0.29) is 0 Å². The van der Waals surface area contributed by atoms with Gasteiger partial charge in [-0.1, -0.05) is 19.1 Å². The van der Waals surface area contributed by atoms with Crippen LogP contribution in [0.2, 0.25) is 0 Å². The number of nitrogens with one attached hydrogen (secondary N) is 1. The van der Waals surface area contributed by atoms with Crippen LogP contribution in [0.5, 0.6) is 11.5 Å².